The maximum atomic E-state index is 12.7. The lowest BCUT2D eigenvalue weighted by Crippen LogP contribution is -2.44. The molecule has 2 heterocycles. The molecular weight excluding hydrogens is 348 g/mol. The number of nitrogens with one attached hydrogen (secondary N) is 1. The summed E-state index contributed by atoms with van der Waals surface area (Å²) in [5, 5.41) is 3.14. The van der Waals surface area contributed by atoms with E-state index in [-0.39, 0.29) is 11.8 Å². The zero-order valence-corrected chi connectivity index (χ0v) is 17.4. The molecule has 1 aliphatic heterocycles. The largest absolute Gasteiger partial charge is 0.356 e. The van der Waals surface area contributed by atoms with Crippen LogP contribution >= 0.6 is 0 Å². The minimum Gasteiger partial charge on any atom is -0.356 e. The fraction of sp³-hybridized carbons (Fsp3) is 0.652. The molecule has 2 aromatic rings. The average Bonchev–Trinajstić information content (AvgIpc) is 3.12. The van der Waals surface area contributed by atoms with Crippen molar-refractivity contribution in [2.24, 2.45) is 11.8 Å². The van der Waals surface area contributed by atoms with E-state index in [2.05, 4.69) is 52.9 Å². The first kappa shape index (κ1) is 19.3. The van der Waals surface area contributed by atoms with Crippen molar-refractivity contribution in [2.75, 3.05) is 24.5 Å². The van der Waals surface area contributed by atoms with E-state index in [1.54, 1.807) is 0 Å². The van der Waals surface area contributed by atoms with Crippen molar-refractivity contribution in [2.45, 2.75) is 64.8 Å². The number of aromatic nitrogens is 2. The Morgan fingerprint density at radius 2 is 1.93 bits per heavy atom. The number of fused-ring (bicyclic) bond motifs is 1. The van der Waals surface area contributed by atoms with Gasteiger partial charge in [-0.25, -0.2) is 4.98 Å². The number of carbonyl (C=O) groups excluding carboxylic acids is 1. The summed E-state index contributed by atoms with van der Waals surface area (Å²) < 4.78 is 2.49. The minimum atomic E-state index is 0.0621. The van der Waals surface area contributed by atoms with Crippen LogP contribution < -0.4 is 10.2 Å². The summed E-state index contributed by atoms with van der Waals surface area (Å²) in [6, 6.07) is 9.05. The van der Waals surface area contributed by atoms with Gasteiger partial charge in [0.25, 0.3) is 0 Å². The normalized spacial score (nSPS) is 21.4. The molecule has 1 atom stereocenters. The van der Waals surface area contributed by atoms with Crippen LogP contribution in [-0.4, -0.2) is 35.1 Å². The number of rotatable bonds is 5. The number of para-hydroxylation sites is 2. The van der Waals surface area contributed by atoms with Crippen LogP contribution in [0.25, 0.3) is 11.0 Å². The van der Waals surface area contributed by atoms with E-state index in [4.69, 9.17) is 4.98 Å². The van der Waals surface area contributed by atoms with Crippen molar-refractivity contribution in [3.8, 4) is 0 Å². The van der Waals surface area contributed by atoms with Crippen LogP contribution in [0.3, 0.4) is 0 Å². The van der Waals surface area contributed by atoms with E-state index in [1.807, 2.05) is 0 Å². The summed E-state index contributed by atoms with van der Waals surface area (Å²) in [4.78, 5) is 20.1. The fourth-order valence-electron chi connectivity index (χ4n) is 4.78. The molecular formula is C23H34N4O. The molecule has 0 spiro atoms. The third-order valence-electron chi connectivity index (χ3n) is 6.28. The molecule has 1 amide bonds. The minimum absolute atomic E-state index is 0.0621. The van der Waals surface area contributed by atoms with E-state index < -0.39 is 0 Å². The maximum absolute atomic E-state index is 12.7. The second-order valence-electron chi connectivity index (χ2n) is 8.99. The highest BCUT2D eigenvalue weighted by Gasteiger charge is 2.30. The van der Waals surface area contributed by atoms with E-state index in [1.165, 1.54) is 37.6 Å². The predicted molar refractivity (Wildman–Crippen MR) is 115 cm³/mol. The molecule has 0 radical (unpaired) electrons. The lowest BCUT2D eigenvalue weighted by atomic mass is 9.95. The third-order valence-corrected chi connectivity index (χ3v) is 6.28. The van der Waals surface area contributed by atoms with Gasteiger partial charge < -0.3 is 14.8 Å². The topological polar surface area (TPSA) is 50.2 Å². The average molecular weight is 383 g/mol. The van der Waals surface area contributed by atoms with Crippen molar-refractivity contribution in [1.29, 1.82) is 0 Å². The third kappa shape index (κ3) is 4.03. The number of nitrogens with zero attached hydrogens (tertiary/aromatic N) is 3. The molecule has 28 heavy (non-hydrogen) atoms. The molecule has 1 N–H and O–H groups in total. The van der Waals surface area contributed by atoms with Gasteiger partial charge in [-0.05, 0) is 43.7 Å². The van der Waals surface area contributed by atoms with Crippen LogP contribution in [0.1, 0.15) is 64.8 Å². The molecule has 5 heteroatoms. The molecule has 4 rings (SSSR count). The second kappa shape index (κ2) is 8.54. The van der Waals surface area contributed by atoms with Gasteiger partial charge in [-0.2, -0.15) is 0 Å². The molecule has 2 fully saturated rings. The van der Waals surface area contributed by atoms with Crippen LogP contribution in [0.15, 0.2) is 24.3 Å². The Morgan fingerprint density at radius 3 is 2.71 bits per heavy atom. The fourth-order valence-corrected chi connectivity index (χ4v) is 4.78. The predicted octanol–water partition coefficient (Wildman–Crippen LogP) is 4.53. The molecule has 152 valence electrons. The zero-order chi connectivity index (χ0) is 19.5. The Kier molecular flexibility index (Phi) is 5.88. The highest BCUT2D eigenvalue weighted by Crippen LogP contribution is 2.36. The van der Waals surface area contributed by atoms with Crippen molar-refractivity contribution in [3.63, 3.8) is 0 Å². The molecule has 0 bridgehead atoms. The SMILES string of the molecule is CC(C)CNC(=O)C1CCCN(c2nc3ccccc3n2C2CCCCC2)C1. The Hall–Kier alpha value is -2.04. The summed E-state index contributed by atoms with van der Waals surface area (Å²) in [6.45, 7) is 6.81. The van der Waals surface area contributed by atoms with E-state index in [0.717, 1.165) is 43.9 Å². The standard InChI is InChI=1S/C23H34N4O/c1-17(2)15-24-22(28)18-9-8-14-26(16-18)23-25-20-12-6-7-13-21(20)27(23)19-10-4-3-5-11-19/h6-7,12-13,17-19H,3-5,8-11,14-16H2,1-2H3,(H,24,28). The summed E-state index contributed by atoms with van der Waals surface area (Å²) in [5.74, 6) is 1.83. The van der Waals surface area contributed by atoms with Crippen LogP contribution in [0.4, 0.5) is 5.95 Å². The van der Waals surface area contributed by atoms with E-state index in [0.29, 0.717) is 12.0 Å². The van der Waals surface area contributed by atoms with Crippen molar-refractivity contribution in [1.82, 2.24) is 14.9 Å². The van der Waals surface area contributed by atoms with Gasteiger partial charge in [0.2, 0.25) is 11.9 Å². The smallest absolute Gasteiger partial charge is 0.224 e. The number of hydrogen-bond donors (Lipinski definition) is 1. The highest BCUT2D eigenvalue weighted by molar-refractivity contribution is 5.81. The zero-order valence-electron chi connectivity index (χ0n) is 17.4. The van der Waals surface area contributed by atoms with Crippen LogP contribution in [0.5, 0.6) is 0 Å². The lowest BCUT2D eigenvalue weighted by Gasteiger charge is -2.35. The van der Waals surface area contributed by atoms with Crippen LogP contribution in [0, 0.1) is 11.8 Å². The quantitative estimate of drug-likeness (QED) is 0.826. The highest BCUT2D eigenvalue weighted by atomic mass is 16.1. The number of carbonyl (C=O) groups is 1. The number of anilines is 1. The Balaban J connectivity index is 1.60. The van der Waals surface area contributed by atoms with Crippen molar-refractivity contribution >= 4 is 22.9 Å². The second-order valence-corrected chi connectivity index (χ2v) is 8.99. The summed E-state index contributed by atoms with van der Waals surface area (Å²) in [5.41, 5.74) is 2.32. The van der Waals surface area contributed by atoms with E-state index >= 15 is 0 Å². The first-order valence-electron chi connectivity index (χ1n) is 11.1. The molecule has 2 aliphatic rings. The van der Waals surface area contributed by atoms with Gasteiger partial charge in [0.05, 0.1) is 17.0 Å². The molecule has 1 aromatic carbocycles. The molecule has 1 aromatic heterocycles. The molecule has 1 unspecified atom stereocenters. The monoisotopic (exact) mass is 382 g/mol. The van der Waals surface area contributed by atoms with Gasteiger partial charge in [-0.3, -0.25) is 4.79 Å². The summed E-state index contributed by atoms with van der Waals surface area (Å²) >= 11 is 0. The van der Waals surface area contributed by atoms with Crippen molar-refractivity contribution in [3.05, 3.63) is 24.3 Å². The molecule has 1 saturated heterocycles. The maximum Gasteiger partial charge on any atom is 0.224 e. The Labute approximate surface area is 168 Å². The number of amides is 1. The molecule has 5 nitrogen and oxygen atoms in total. The van der Waals surface area contributed by atoms with Gasteiger partial charge in [0.1, 0.15) is 0 Å². The van der Waals surface area contributed by atoms with Gasteiger partial charge >= 0.3 is 0 Å². The molecule has 1 aliphatic carbocycles. The van der Waals surface area contributed by atoms with Crippen LogP contribution in [0.2, 0.25) is 0 Å². The number of imidazole rings is 1. The first-order chi connectivity index (χ1) is 13.6. The lowest BCUT2D eigenvalue weighted by molar-refractivity contribution is -0.125. The number of benzene rings is 1. The molecule has 1 saturated carbocycles. The van der Waals surface area contributed by atoms with Gasteiger partial charge in [0.15, 0.2) is 0 Å². The summed E-state index contributed by atoms with van der Waals surface area (Å²) in [7, 11) is 0. The number of piperidine rings is 1. The number of hydrogen-bond acceptors (Lipinski definition) is 3. The van der Waals surface area contributed by atoms with Gasteiger partial charge in [-0.1, -0.05) is 45.2 Å². The van der Waals surface area contributed by atoms with E-state index in [9.17, 15) is 4.79 Å². The summed E-state index contributed by atoms with van der Waals surface area (Å²) in [6.07, 6.45) is 8.45. The Morgan fingerprint density at radius 1 is 1.14 bits per heavy atom. The Bertz CT molecular complexity index is 806. The van der Waals surface area contributed by atoms with Gasteiger partial charge in [-0.15, -0.1) is 0 Å². The van der Waals surface area contributed by atoms with Crippen molar-refractivity contribution < 1.29 is 4.79 Å². The first-order valence-corrected chi connectivity index (χ1v) is 11.1. The van der Waals surface area contributed by atoms with Crippen LogP contribution in [-0.2, 0) is 4.79 Å². The van der Waals surface area contributed by atoms with Gasteiger partial charge in [0, 0.05) is 25.7 Å².